The largest absolute Gasteiger partial charge is 0.281 e. The number of hydrogen-bond acceptors (Lipinski definition) is 1. The first-order chi connectivity index (χ1) is 8.97. The number of aliphatic imine (C=N–C) groups is 1. The van der Waals surface area contributed by atoms with Gasteiger partial charge in [-0.15, -0.1) is 6.42 Å². The summed E-state index contributed by atoms with van der Waals surface area (Å²) in [5, 5.41) is 0. The van der Waals surface area contributed by atoms with Crippen molar-refractivity contribution in [3.8, 4) is 12.3 Å². The molecule has 1 heteroatoms. The summed E-state index contributed by atoms with van der Waals surface area (Å²) in [6, 6.07) is 0. The van der Waals surface area contributed by atoms with E-state index in [4.69, 9.17) is 6.42 Å². The molecule has 1 atom stereocenters. The van der Waals surface area contributed by atoms with E-state index < -0.39 is 0 Å². The molecular weight excluding hydrogens is 230 g/mol. The van der Waals surface area contributed by atoms with E-state index in [0.717, 1.165) is 17.7 Å². The third-order valence-corrected chi connectivity index (χ3v) is 3.76. The highest BCUT2D eigenvalue weighted by atomic mass is 14.7. The summed E-state index contributed by atoms with van der Waals surface area (Å²) in [4.78, 5) is 4.51. The Morgan fingerprint density at radius 2 is 2.26 bits per heavy atom. The van der Waals surface area contributed by atoms with Crippen LogP contribution in [0, 0.1) is 17.8 Å². The van der Waals surface area contributed by atoms with Gasteiger partial charge >= 0.3 is 0 Å². The summed E-state index contributed by atoms with van der Waals surface area (Å²) in [6.07, 6.45) is 14.8. The molecule has 0 aromatic carbocycles. The second-order valence-electron chi connectivity index (χ2n) is 5.13. The molecule has 19 heavy (non-hydrogen) atoms. The summed E-state index contributed by atoms with van der Waals surface area (Å²) in [5.74, 6) is 2.58. The van der Waals surface area contributed by atoms with Gasteiger partial charge in [0.15, 0.2) is 0 Å². The van der Waals surface area contributed by atoms with E-state index in [1.54, 1.807) is 0 Å². The van der Waals surface area contributed by atoms with Crippen molar-refractivity contribution in [3.63, 3.8) is 0 Å². The van der Waals surface area contributed by atoms with E-state index >= 15 is 0 Å². The highest BCUT2D eigenvalue weighted by Crippen LogP contribution is 2.41. The minimum Gasteiger partial charge on any atom is -0.281 e. The van der Waals surface area contributed by atoms with Crippen LogP contribution in [0.15, 0.2) is 52.6 Å². The van der Waals surface area contributed by atoms with Crippen molar-refractivity contribution in [2.24, 2.45) is 10.4 Å². The number of allylic oxidation sites excluding steroid dienone is 7. The zero-order chi connectivity index (χ0) is 14.5. The molecule has 0 N–H and O–H groups in total. The Hall–Kier alpha value is -1.81. The Morgan fingerprint density at radius 3 is 2.79 bits per heavy atom. The highest BCUT2D eigenvalue weighted by molar-refractivity contribution is 5.92. The molecule has 0 bridgehead atoms. The predicted molar refractivity (Wildman–Crippen MR) is 85.3 cm³/mol. The molecule has 1 nitrogen and oxygen atoms in total. The van der Waals surface area contributed by atoms with Gasteiger partial charge in [0.2, 0.25) is 0 Å². The summed E-state index contributed by atoms with van der Waals surface area (Å²) in [7, 11) is 0. The van der Waals surface area contributed by atoms with Gasteiger partial charge < -0.3 is 0 Å². The van der Waals surface area contributed by atoms with Crippen LogP contribution < -0.4 is 0 Å². The van der Waals surface area contributed by atoms with Crippen LogP contribution in [-0.2, 0) is 0 Å². The summed E-state index contributed by atoms with van der Waals surface area (Å²) >= 11 is 0. The monoisotopic (exact) mass is 253 g/mol. The van der Waals surface area contributed by atoms with E-state index in [9.17, 15) is 0 Å². The van der Waals surface area contributed by atoms with Crippen molar-refractivity contribution in [1.82, 2.24) is 0 Å². The fourth-order valence-corrected chi connectivity index (χ4v) is 2.46. The molecule has 0 aromatic rings. The van der Waals surface area contributed by atoms with Crippen LogP contribution >= 0.6 is 0 Å². The number of hydrogen-bond donors (Lipinski definition) is 0. The molecule has 0 saturated heterocycles. The lowest BCUT2D eigenvalue weighted by molar-refractivity contribution is 0.562. The average Bonchev–Trinajstić information content (AvgIpc) is 2.38. The minimum atomic E-state index is -0.0909. The van der Waals surface area contributed by atoms with Gasteiger partial charge in [-0.05, 0) is 45.3 Å². The van der Waals surface area contributed by atoms with Crippen LogP contribution in [0.25, 0.3) is 0 Å². The van der Waals surface area contributed by atoms with E-state index in [1.165, 1.54) is 11.1 Å². The quantitative estimate of drug-likeness (QED) is 0.397. The van der Waals surface area contributed by atoms with Gasteiger partial charge in [0.25, 0.3) is 0 Å². The lowest BCUT2D eigenvalue weighted by atomic mass is 9.69. The Balaban J connectivity index is 3.27. The second kappa shape index (κ2) is 6.38. The van der Waals surface area contributed by atoms with E-state index in [1.807, 2.05) is 6.92 Å². The first-order valence-electron chi connectivity index (χ1n) is 6.62. The van der Waals surface area contributed by atoms with Gasteiger partial charge in [0.1, 0.15) is 0 Å². The molecule has 1 aliphatic carbocycles. The van der Waals surface area contributed by atoms with Gasteiger partial charge in [-0.25, -0.2) is 0 Å². The molecular formula is C18H23N. The number of nitrogens with zero attached hydrogens (tertiary/aromatic N) is 1. The third kappa shape index (κ3) is 3.15. The molecule has 0 aliphatic heterocycles. The van der Waals surface area contributed by atoms with Crippen molar-refractivity contribution >= 4 is 5.71 Å². The van der Waals surface area contributed by atoms with Crippen molar-refractivity contribution in [2.75, 3.05) is 6.54 Å². The van der Waals surface area contributed by atoms with Gasteiger partial charge in [0, 0.05) is 11.1 Å². The Kier molecular flexibility index (Phi) is 5.12. The number of terminal acetylenes is 1. The molecule has 0 saturated carbocycles. The van der Waals surface area contributed by atoms with Crippen LogP contribution in [0.1, 0.15) is 34.1 Å². The third-order valence-electron chi connectivity index (χ3n) is 3.76. The van der Waals surface area contributed by atoms with Crippen LogP contribution in [0.3, 0.4) is 0 Å². The molecule has 100 valence electrons. The fourth-order valence-electron chi connectivity index (χ4n) is 2.46. The fraction of sp³-hybridized carbons (Fsp3) is 0.389. The van der Waals surface area contributed by atoms with Crippen LogP contribution in [-0.4, -0.2) is 12.3 Å². The smallest absolute Gasteiger partial charge is 0.0994 e. The van der Waals surface area contributed by atoms with Crippen molar-refractivity contribution in [1.29, 1.82) is 0 Å². The van der Waals surface area contributed by atoms with E-state index in [-0.39, 0.29) is 5.41 Å². The molecule has 0 heterocycles. The summed E-state index contributed by atoms with van der Waals surface area (Å²) < 4.78 is 0. The van der Waals surface area contributed by atoms with E-state index in [2.05, 4.69) is 62.6 Å². The first kappa shape index (κ1) is 15.2. The maximum absolute atomic E-state index is 5.31. The lowest BCUT2D eigenvalue weighted by Gasteiger charge is -2.35. The summed E-state index contributed by atoms with van der Waals surface area (Å²) in [6.45, 7) is 12.9. The van der Waals surface area contributed by atoms with Crippen LogP contribution in [0.4, 0.5) is 0 Å². The van der Waals surface area contributed by atoms with Crippen molar-refractivity contribution < 1.29 is 0 Å². The van der Waals surface area contributed by atoms with Gasteiger partial charge in [0.05, 0.1) is 6.54 Å². The predicted octanol–water partition coefficient (Wildman–Crippen LogP) is 4.50. The standard InChI is InChI=1S/C18H23N/c1-7-13-19-15(5)18(6)12-10-9-11-17(18)16(8-2)14(3)4/h1,8-11H,3,12-13H2,2,4-6H3/b16-8-,19-15?. The van der Waals surface area contributed by atoms with Gasteiger partial charge in [-0.3, -0.25) is 4.99 Å². The van der Waals surface area contributed by atoms with Crippen molar-refractivity contribution in [2.45, 2.75) is 34.1 Å². The molecule has 0 fully saturated rings. The average molecular weight is 253 g/mol. The normalized spacial score (nSPS) is 23.8. The molecule has 1 unspecified atom stereocenters. The Bertz CT molecular complexity index is 520. The topological polar surface area (TPSA) is 12.4 Å². The lowest BCUT2D eigenvalue weighted by Crippen LogP contribution is -2.30. The van der Waals surface area contributed by atoms with Gasteiger partial charge in [-0.2, -0.15) is 0 Å². The second-order valence-corrected chi connectivity index (χ2v) is 5.13. The molecule has 0 aromatic heterocycles. The molecule has 0 radical (unpaired) electrons. The van der Waals surface area contributed by atoms with Gasteiger partial charge in [-0.1, -0.05) is 42.4 Å². The van der Waals surface area contributed by atoms with Crippen LogP contribution in [0.5, 0.6) is 0 Å². The molecule has 0 spiro atoms. The molecule has 1 rings (SSSR count). The Labute approximate surface area is 117 Å². The van der Waals surface area contributed by atoms with Crippen molar-refractivity contribution in [3.05, 3.63) is 47.6 Å². The first-order valence-corrected chi connectivity index (χ1v) is 6.62. The molecule has 0 amide bonds. The minimum absolute atomic E-state index is 0.0909. The van der Waals surface area contributed by atoms with Crippen LogP contribution in [0.2, 0.25) is 0 Å². The van der Waals surface area contributed by atoms with E-state index in [0.29, 0.717) is 6.54 Å². The number of rotatable bonds is 4. The maximum Gasteiger partial charge on any atom is 0.0994 e. The zero-order valence-electron chi connectivity index (χ0n) is 12.5. The SMILES string of the molecule is C#CCN=C(C)C1(C)CC=CC=C1/C(=C\C)C(=C)C. The highest BCUT2D eigenvalue weighted by Gasteiger charge is 2.34. The zero-order valence-corrected chi connectivity index (χ0v) is 12.5. The maximum atomic E-state index is 5.31. The Morgan fingerprint density at radius 1 is 1.58 bits per heavy atom. The molecule has 1 aliphatic rings. The summed E-state index contributed by atoms with van der Waals surface area (Å²) in [5.41, 5.74) is 4.57.